The molecule has 0 spiro atoms. The molecule has 17 heavy (non-hydrogen) atoms. The highest BCUT2D eigenvalue weighted by molar-refractivity contribution is 5.76. The van der Waals surface area contributed by atoms with Crippen LogP contribution in [0.1, 0.15) is 30.5 Å². The van der Waals surface area contributed by atoms with E-state index in [1.54, 1.807) is 12.1 Å². The first-order valence-corrected chi connectivity index (χ1v) is 5.61. The van der Waals surface area contributed by atoms with Gasteiger partial charge in [-0.15, -0.1) is 0 Å². The van der Waals surface area contributed by atoms with Crippen LogP contribution in [0.25, 0.3) is 0 Å². The zero-order valence-electron chi connectivity index (χ0n) is 10.2. The van der Waals surface area contributed by atoms with Gasteiger partial charge in [-0.05, 0) is 31.7 Å². The van der Waals surface area contributed by atoms with Crippen LogP contribution in [0.15, 0.2) is 24.3 Å². The van der Waals surface area contributed by atoms with Crippen LogP contribution >= 0.6 is 0 Å². The first-order valence-electron chi connectivity index (χ1n) is 5.61. The lowest BCUT2D eigenvalue weighted by atomic mass is 10.1. The van der Waals surface area contributed by atoms with Gasteiger partial charge in [-0.1, -0.05) is 12.1 Å². The molecule has 0 bridgehead atoms. The highest BCUT2D eigenvalue weighted by atomic mass is 16.1. The van der Waals surface area contributed by atoms with Gasteiger partial charge < -0.3 is 10.6 Å². The highest BCUT2D eigenvalue weighted by Gasteiger charge is 2.08. The van der Waals surface area contributed by atoms with E-state index >= 15 is 0 Å². The normalized spacial score (nSPS) is 11.6. The summed E-state index contributed by atoms with van der Waals surface area (Å²) < 4.78 is 0. The van der Waals surface area contributed by atoms with Gasteiger partial charge in [-0.3, -0.25) is 4.79 Å². The van der Waals surface area contributed by atoms with E-state index in [0.29, 0.717) is 18.5 Å². The first kappa shape index (κ1) is 13.2. The largest absolute Gasteiger partial charge is 0.350 e. The van der Waals surface area contributed by atoms with Gasteiger partial charge in [0.05, 0.1) is 17.7 Å². The van der Waals surface area contributed by atoms with E-state index in [9.17, 15) is 4.79 Å². The van der Waals surface area contributed by atoms with Crippen molar-refractivity contribution in [2.24, 2.45) is 0 Å². The lowest BCUT2D eigenvalue weighted by molar-refractivity contribution is -0.121. The summed E-state index contributed by atoms with van der Waals surface area (Å²) in [6.07, 6.45) is 0.469. The van der Waals surface area contributed by atoms with Gasteiger partial charge in [0.25, 0.3) is 0 Å². The summed E-state index contributed by atoms with van der Waals surface area (Å²) in [6, 6.07) is 9.27. The molecule has 0 heterocycles. The lowest BCUT2D eigenvalue weighted by Crippen LogP contribution is -2.29. The predicted molar refractivity (Wildman–Crippen MR) is 66.3 cm³/mol. The molecule has 0 aliphatic carbocycles. The van der Waals surface area contributed by atoms with Gasteiger partial charge in [0, 0.05) is 13.0 Å². The van der Waals surface area contributed by atoms with Gasteiger partial charge in [0.15, 0.2) is 0 Å². The molecule has 0 fully saturated rings. The molecule has 0 aliphatic heterocycles. The Labute approximate surface area is 102 Å². The van der Waals surface area contributed by atoms with E-state index in [1.165, 1.54) is 0 Å². The summed E-state index contributed by atoms with van der Waals surface area (Å²) in [5.74, 6) is 0.0243. The molecule has 1 rings (SSSR count). The maximum atomic E-state index is 11.5. The topological polar surface area (TPSA) is 64.9 Å². The fraction of sp³-hybridized carbons (Fsp3) is 0.385. The number of nitriles is 1. The molecule has 4 nitrogen and oxygen atoms in total. The number of nitrogens with one attached hydrogen (secondary N) is 2. The van der Waals surface area contributed by atoms with E-state index in [2.05, 4.69) is 16.7 Å². The van der Waals surface area contributed by atoms with Crippen molar-refractivity contribution in [3.63, 3.8) is 0 Å². The van der Waals surface area contributed by atoms with Crippen LogP contribution in [-0.4, -0.2) is 19.5 Å². The average Bonchev–Trinajstić information content (AvgIpc) is 2.36. The second-order valence-corrected chi connectivity index (χ2v) is 3.88. The number of hydrogen-bond donors (Lipinski definition) is 2. The molecule has 1 aromatic carbocycles. The second-order valence-electron chi connectivity index (χ2n) is 3.88. The smallest absolute Gasteiger partial charge is 0.221 e. The van der Waals surface area contributed by atoms with Crippen molar-refractivity contribution in [2.45, 2.75) is 19.4 Å². The minimum atomic E-state index is -0.0351. The third kappa shape index (κ3) is 4.25. The second kappa shape index (κ2) is 6.66. The van der Waals surface area contributed by atoms with Crippen molar-refractivity contribution in [3.05, 3.63) is 35.4 Å². The third-order valence-electron chi connectivity index (χ3n) is 2.52. The molecule has 0 saturated heterocycles. The van der Waals surface area contributed by atoms with E-state index in [0.717, 1.165) is 5.56 Å². The Morgan fingerprint density at radius 3 is 2.59 bits per heavy atom. The summed E-state index contributed by atoms with van der Waals surface area (Å²) in [5.41, 5.74) is 1.63. The molecule has 1 aromatic rings. The number of nitrogens with zero attached hydrogens (tertiary/aromatic N) is 1. The molecule has 0 aromatic heterocycles. The number of amides is 1. The summed E-state index contributed by atoms with van der Waals surface area (Å²) in [5, 5.41) is 14.5. The van der Waals surface area contributed by atoms with Crippen molar-refractivity contribution in [2.75, 3.05) is 13.6 Å². The summed E-state index contributed by atoms with van der Waals surface area (Å²) in [4.78, 5) is 11.5. The minimum absolute atomic E-state index is 0.0243. The fourth-order valence-electron chi connectivity index (χ4n) is 1.48. The van der Waals surface area contributed by atoms with Crippen LogP contribution in [0.2, 0.25) is 0 Å². The van der Waals surface area contributed by atoms with E-state index in [-0.39, 0.29) is 11.9 Å². The molecule has 0 saturated carbocycles. The van der Waals surface area contributed by atoms with Crippen molar-refractivity contribution >= 4 is 5.91 Å². The maximum absolute atomic E-state index is 11.5. The SMILES string of the molecule is CNCCC(=O)NC(C)c1ccc(C#N)cc1. The summed E-state index contributed by atoms with van der Waals surface area (Å²) >= 11 is 0. The molecule has 4 heteroatoms. The van der Waals surface area contributed by atoms with Gasteiger partial charge >= 0.3 is 0 Å². The molecular formula is C13H17N3O. The zero-order chi connectivity index (χ0) is 12.7. The first-order chi connectivity index (χ1) is 8.17. The number of benzene rings is 1. The Morgan fingerprint density at radius 2 is 2.06 bits per heavy atom. The standard InChI is InChI=1S/C13H17N3O/c1-10(16-13(17)7-8-15-2)12-5-3-11(9-14)4-6-12/h3-6,10,15H,7-8H2,1-2H3,(H,16,17). The maximum Gasteiger partial charge on any atom is 0.221 e. The molecule has 1 unspecified atom stereocenters. The van der Waals surface area contributed by atoms with Gasteiger partial charge in [0.1, 0.15) is 0 Å². The lowest BCUT2D eigenvalue weighted by Gasteiger charge is -2.14. The molecule has 1 atom stereocenters. The van der Waals surface area contributed by atoms with Crippen LogP contribution in [0.4, 0.5) is 0 Å². The van der Waals surface area contributed by atoms with Crippen molar-refractivity contribution in [1.29, 1.82) is 5.26 Å². The number of rotatable bonds is 5. The van der Waals surface area contributed by atoms with Crippen LogP contribution in [0, 0.1) is 11.3 Å². The van der Waals surface area contributed by atoms with Gasteiger partial charge in [-0.2, -0.15) is 5.26 Å². The monoisotopic (exact) mass is 231 g/mol. The molecular weight excluding hydrogens is 214 g/mol. The van der Waals surface area contributed by atoms with Gasteiger partial charge in [-0.25, -0.2) is 0 Å². The molecule has 1 amide bonds. The quantitative estimate of drug-likeness (QED) is 0.803. The molecule has 90 valence electrons. The summed E-state index contributed by atoms with van der Waals surface area (Å²) in [6.45, 7) is 2.60. The number of carbonyl (C=O) groups is 1. The Hall–Kier alpha value is -1.86. The minimum Gasteiger partial charge on any atom is -0.350 e. The van der Waals surface area contributed by atoms with Gasteiger partial charge in [0.2, 0.25) is 5.91 Å². The van der Waals surface area contributed by atoms with Crippen molar-refractivity contribution in [1.82, 2.24) is 10.6 Å². The Kier molecular flexibility index (Phi) is 5.18. The predicted octanol–water partition coefficient (Wildman–Crippen LogP) is 1.34. The third-order valence-corrected chi connectivity index (χ3v) is 2.52. The number of carbonyl (C=O) groups excluding carboxylic acids is 1. The van der Waals surface area contributed by atoms with Crippen LogP contribution < -0.4 is 10.6 Å². The molecule has 2 N–H and O–H groups in total. The van der Waals surface area contributed by atoms with E-state index in [4.69, 9.17) is 5.26 Å². The molecule has 0 radical (unpaired) electrons. The number of hydrogen-bond acceptors (Lipinski definition) is 3. The van der Waals surface area contributed by atoms with Crippen molar-refractivity contribution in [3.8, 4) is 6.07 Å². The van der Waals surface area contributed by atoms with Crippen LogP contribution in [0.5, 0.6) is 0 Å². The zero-order valence-corrected chi connectivity index (χ0v) is 10.2. The van der Waals surface area contributed by atoms with E-state index in [1.807, 2.05) is 26.1 Å². The Morgan fingerprint density at radius 1 is 1.41 bits per heavy atom. The summed E-state index contributed by atoms with van der Waals surface area (Å²) in [7, 11) is 1.82. The average molecular weight is 231 g/mol. The fourth-order valence-corrected chi connectivity index (χ4v) is 1.48. The van der Waals surface area contributed by atoms with Crippen LogP contribution in [-0.2, 0) is 4.79 Å². The molecule has 0 aliphatic rings. The Bertz CT molecular complexity index is 406. The van der Waals surface area contributed by atoms with Crippen molar-refractivity contribution < 1.29 is 4.79 Å². The van der Waals surface area contributed by atoms with E-state index < -0.39 is 0 Å². The van der Waals surface area contributed by atoms with Crippen LogP contribution in [0.3, 0.4) is 0 Å². The Balaban J connectivity index is 2.54. The highest BCUT2D eigenvalue weighted by Crippen LogP contribution is 2.12.